The van der Waals surface area contributed by atoms with Crippen LogP contribution in [0.2, 0.25) is 0 Å². The van der Waals surface area contributed by atoms with Gasteiger partial charge in [-0.1, -0.05) is 11.6 Å². The van der Waals surface area contributed by atoms with Gasteiger partial charge in [-0.05, 0) is 27.9 Å². The van der Waals surface area contributed by atoms with Crippen LogP contribution in [0.1, 0.15) is 13.8 Å². The lowest BCUT2D eigenvalue weighted by molar-refractivity contribution is -0.0533. The van der Waals surface area contributed by atoms with E-state index in [9.17, 15) is 0 Å². The maximum atomic E-state index is 5.87. The van der Waals surface area contributed by atoms with Crippen molar-refractivity contribution in [1.29, 1.82) is 0 Å². The number of rotatable bonds is 3. The van der Waals surface area contributed by atoms with Crippen LogP contribution < -0.4 is 0 Å². The van der Waals surface area contributed by atoms with E-state index in [0.717, 1.165) is 0 Å². The lowest BCUT2D eigenvalue weighted by Gasteiger charge is -2.28. The number of ether oxygens (including phenoxy) is 1. The van der Waals surface area contributed by atoms with Crippen molar-refractivity contribution in [2.45, 2.75) is 19.0 Å². The Balaban J connectivity index is 3.70. The van der Waals surface area contributed by atoms with Crippen LogP contribution in [-0.2, 0) is 4.74 Å². The first-order chi connectivity index (χ1) is 4.00. The molecule has 3 heteroatoms. The normalized spacial score (nSPS) is 18.0. The molecule has 0 saturated heterocycles. The molecule has 1 unspecified atom stereocenters. The Bertz CT molecular complexity index is 83.1. The van der Waals surface area contributed by atoms with Crippen LogP contribution in [0.3, 0.4) is 0 Å². The summed E-state index contributed by atoms with van der Waals surface area (Å²) in [6.07, 6.45) is 0. The van der Waals surface area contributed by atoms with Gasteiger partial charge in [-0.15, -0.1) is 0 Å². The van der Waals surface area contributed by atoms with Gasteiger partial charge in [0.15, 0.2) is 5.18 Å². The average Bonchev–Trinajstić information content (AvgIpc) is 1.65. The molecular weight excluding hydrogens is 138 g/mol. The van der Waals surface area contributed by atoms with Crippen molar-refractivity contribution < 1.29 is 4.74 Å². The largest absolute Gasteiger partial charge is 0.347 e. The van der Waals surface area contributed by atoms with Crippen molar-refractivity contribution in [2.24, 2.45) is 0 Å². The summed E-state index contributed by atoms with van der Waals surface area (Å²) in [4.78, 5) is 1.82. The minimum absolute atomic E-state index is 0.637. The summed E-state index contributed by atoms with van der Waals surface area (Å²) in [5.41, 5.74) is 0. The highest BCUT2D eigenvalue weighted by molar-refractivity contribution is 6.22. The predicted octanol–water partition coefficient (Wildman–Crippen LogP) is 1.50. The standard InChI is InChI=1S/C6H14ClNO/c1-5-9-6(2,7)8(3)4/h5H2,1-4H3. The van der Waals surface area contributed by atoms with Crippen LogP contribution >= 0.6 is 11.6 Å². The molecule has 0 radical (unpaired) electrons. The molecule has 0 N–H and O–H groups in total. The Labute approximate surface area is 61.7 Å². The Kier molecular flexibility index (Phi) is 3.48. The summed E-state index contributed by atoms with van der Waals surface area (Å²) < 4.78 is 5.18. The summed E-state index contributed by atoms with van der Waals surface area (Å²) in [6, 6.07) is 0. The number of hydrogen-bond acceptors (Lipinski definition) is 2. The van der Waals surface area contributed by atoms with Crippen LogP contribution in [0.25, 0.3) is 0 Å². The Morgan fingerprint density at radius 1 is 1.56 bits per heavy atom. The third kappa shape index (κ3) is 3.04. The molecule has 0 fully saturated rings. The highest BCUT2D eigenvalue weighted by atomic mass is 35.5. The molecule has 0 amide bonds. The highest BCUT2D eigenvalue weighted by Crippen LogP contribution is 2.17. The van der Waals surface area contributed by atoms with Gasteiger partial charge in [0, 0.05) is 6.61 Å². The summed E-state index contributed by atoms with van der Waals surface area (Å²) in [7, 11) is 3.76. The van der Waals surface area contributed by atoms with Crippen molar-refractivity contribution in [3.05, 3.63) is 0 Å². The van der Waals surface area contributed by atoms with Gasteiger partial charge in [0.05, 0.1) is 0 Å². The van der Waals surface area contributed by atoms with Gasteiger partial charge in [0.1, 0.15) is 0 Å². The SMILES string of the molecule is CCOC(C)(Cl)N(C)C. The number of alkyl halides is 1. The molecule has 0 aromatic rings. The molecule has 0 aliphatic rings. The first-order valence-corrected chi connectivity index (χ1v) is 3.38. The predicted molar refractivity (Wildman–Crippen MR) is 39.6 cm³/mol. The first-order valence-electron chi connectivity index (χ1n) is 3.01. The summed E-state index contributed by atoms with van der Waals surface area (Å²) >= 11 is 5.87. The highest BCUT2D eigenvalue weighted by Gasteiger charge is 2.22. The fraction of sp³-hybridized carbons (Fsp3) is 1.00. The van der Waals surface area contributed by atoms with Crippen LogP contribution in [0.5, 0.6) is 0 Å². The fourth-order valence-electron chi connectivity index (χ4n) is 0.393. The smallest absolute Gasteiger partial charge is 0.195 e. The molecule has 0 spiro atoms. The van der Waals surface area contributed by atoms with Gasteiger partial charge in [-0.3, -0.25) is 4.90 Å². The zero-order valence-corrected chi connectivity index (χ0v) is 7.20. The summed E-state index contributed by atoms with van der Waals surface area (Å²) in [5.74, 6) is 0. The molecule has 0 aromatic heterocycles. The van der Waals surface area contributed by atoms with Crippen molar-refractivity contribution >= 4 is 11.6 Å². The van der Waals surface area contributed by atoms with Crippen LogP contribution in [0.4, 0.5) is 0 Å². The van der Waals surface area contributed by atoms with E-state index >= 15 is 0 Å². The van der Waals surface area contributed by atoms with Gasteiger partial charge in [-0.2, -0.15) is 0 Å². The van der Waals surface area contributed by atoms with Crippen LogP contribution in [0.15, 0.2) is 0 Å². The lowest BCUT2D eigenvalue weighted by Crippen LogP contribution is -2.38. The quantitative estimate of drug-likeness (QED) is 0.344. The zero-order valence-electron chi connectivity index (χ0n) is 6.44. The minimum atomic E-state index is -0.644. The molecular formula is C6H14ClNO. The monoisotopic (exact) mass is 151 g/mol. The molecule has 2 nitrogen and oxygen atoms in total. The van der Waals surface area contributed by atoms with Crippen LogP contribution in [-0.4, -0.2) is 30.8 Å². The van der Waals surface area contributed by atoms with Gasteiger partial charge in [-0.25, -0.2) is 0 Å². The molecule has 1 atom stereocenters. The third-order valence-corrected chi connectivity index (χ3v) is 1.65. The summed E-state index contributed by atoms with van der Waals surface area (Å²) in [5, 5.41) is -0.644. The van der Waals surface area contributed by atoms with Gasteiger partial charge in [0.2, 0.25) is 0 Å². The van der Waals surface area contributed by atoms with Gasteiger partial charge >= 0.3 is 0 Å². The number of halogens is 1. The van der Waals surface area contributed by atoms with Gasteiger partial charge < -0.3 is 4.74 Å². The second-order valence-electron chi connectivity index (χ2n) is 2.20. The Morgan fingerprint density at radius 3 is 2.11 bits per heavy atom. The average molecular weight is 152 g/mol. The van der Waals surface area contributed by atoms with E-state index in [1.54, 1.807) is 0 Å². The topological polar surface area (TPSA) is 12.5 Å². The van der Waals surface area contributed by atoms with E-state index in [1.807, 2.05) is 32.8 Å². The first kappa shape index (κ1) is 9.21. The van der Waals surface area contributed by atoms with E-state index < -0.39 is 5.18 Å². The van der Waals surface area contributed by atoms with E-state index in [0.29, 0.717) is 6.61 Å². The van der Waals surface area contributed by atoms with E-state index in [-0.39, 0.29) is 0 Å². The van der Waals surface area contributed by atoms with E-state index in [2.05, 4.69) is 0 Å². The molecule has 0 saturated carbocycles. The molecule has 9 heavy (non-hydrogen) atoms. The molecule has 0 bridgehead atoms. The van der Waals surface area contributed by atoms with Crippen molar-refractivity contribution in [2.75, 3.05) is 20.7 Å². The maximum absolute atomic E-state index is 5.87. The lowest BCUT2D eigenvalue weighted by atomic mass is 10.6. The Hall–Kier alpha value is 0.210. The van der Waals surface area contributed by atoms with Crippen molar-refractivity contribution in [1.82, 2.24) is 4.90 Å². The number of nitrogens with zero attached hydrogens (tertiary/aromatic N) is 1. The number of hydrogen-bond donors (Lipinski definition) is 0. The van der Waals surface area contributed by atoms with Crippen molar-refractivity contribution in [3.8, 4) is 0 Å². The fourth-order valence-corrected chi connectivity index (χ4v) is 0.502. The van der Waals surface area contributed by atoms with E-state index in [1.165, 1.54) is 0 Å². The molecule has 0 aliphatic carbocycles. The molecule has 0 heterocycles. The molecule has 0 rings (SSSR count). The van der Waals surface area contributed by atoms with Gasteiger partial charge in [0.25, 0.3) is 0 Å². The van der Waals surface area contributed by atoms with Crippen molar-refractivity contribution in [3.63, 3.8) is 0 Å². The zero-order chi connectivity index (χ0) is 7.49. The Morgan fingerprint density at radius 2 is 2.00 bits per heavy atom. The summed E-state index contributed by atoms with van der Waals surface area (Å²) in [6.45, 7) is 4.38. The molecule has 0 aliphatic heterocycles. The third-order valence-electron chi connectivity index (χ3n) is 1.21. The van der Waals surface area contributed by atoms with Crippen LogP contribution in [0, 0.1) is 0 Å². The maximum Gasteiger partial charge on any atom is 0.195 e. The molecule has 56 valence electrons. The second-order valence-corrected chi connectivity index (χ2v) is 2.90. The minimum Gasteiger partial charge on any atom is -0.347 e. The van der Waals surface area contributed by atoms with E-state index in [4.69, 9.17) is 16.3 Å². The second kappa shape index (κ2) is 3.40. The molecule has 0 aromatic carbocycles.